The third kappa shape index (κ3) is 4.31. The first kappa shape index (κ1) is 19.8. The van der Waals surface area contributed by atoms with E-state index in [0.717, 1.165) is 5.56 Å². The van der Waals surface area contributed by atoms with Crippen molar-refractivity contribution in [2.45, 2.75) is 31.6 Å². The largest absolute Gasteiger partial charge is 0.313 e. The van der Waals surface area contributed by atoms with Crippen molar-refractivity contribution >= 4 is 15.7 Å². The number of benzene rings is 2. The number of nitrogens with zero attached hydrogens (tertiary/aromatic N) is 2. The normalized spacial score (nSPS) is 11.4. The molecule has 6 nitrogen and oxygen atoms in total. The van der Waals surface area contributed by atoms with E-state index in [4.69, 9.17) is 0 Å². The second kappa shape index (κ2) is 8.39. The van der Waals surface area contributed by atoms with Gasteiger partial charge in [-0.05, 0) is 51.0 Å². The van der Waals surface area contributed by atoms with E-state index in [9.17, 15) is 13.2 Å². The number of aryl methyl sites for hydroxylation is 2. The average molecular weight is 398 g/mol. The lowest BCUT2D eigenvalue weighted by Crippen LogP contribution is -2.32. The highest BCUT2D eigenvalue weighted by Crippen LogP contribution is 2.24. The zero-order valence-electron chi connectivity index (χ0n) is 15.9. The molecule has 0 atom stereocenters. The molecule has 0 spiro atoms. The summed E-state index contributed by atoms with van der Waals surface area (Å²) in [6.45, 7) is 3.95. The second-order valence-corrected chi connectivity index (χ2v) is 8.49. The molecule has 0 bridgehead atoms. The van der Waals surface area contributed by atoms with Crippen LogP contribution in [0, 0.1) is 13.8 Å². The Morgan fingerprint density at radius 3 is 2.32 bits per heavy atom. The third-order valence-corrected chi connectivity index (χ3v) is 6.45. The zero-order chi connectivity index (χ0) is 20.1. The van der Waals surface area contributed by atoms with Crippen LogP contribution in [0.3, 0.4) is 0 Å². The van der Waals surface area contributed by atoms with Gasteiger partial charge in [-0.2, -0.15) is 0 Å². The van der Waals surface area contributed by atoms with Crippen LogP contribution in [-0.4, -0.2) is 24.9 Å². The monoisotopic (exact) mass is 397 g/mol. The predicted octanol–water partition coefficient (Wildman–Crippen LogP) is 3.21. The molecule has 0 saturated carbocycles. The van der Waals surface area contributed by atoms with Crippen molar-refractivity contribution < 1.29 is 8.42 Å². The Hall–Kier alpha value is -2.93. The highest BCUT2D eigenvalue weighted by Gasteiger charge is 2.24. The first-order chi connectivity index (χ1) is 13.4. The molecule has 1 N–H and O–H groups in total. The summed E-state index contributed by atoms with van der Waals surface area (Å²) in [6, 6.07) is 15.8. The van der Waals surface area contributed by atoms with Crippen LogP contribution in [0.1, 0.15) is 23.2 Å². The Morgan fingerprint density at radius 1 is 1.00 bits per heavy atom. The molecule has 0 amide bonds. The van der Waals surface area contributed by atoms with Gasteiger partial charge in [0.05, 0.1) is 16.9 Å². The molecule has 7 heteroatoms. The summed E-state index contributed by atoms with van der Waals surface area (Å²) in [5, 5.41) is 0. The summed E-state index contributed by atoms with van der Waals surface area (Å²) in [5.41, 5.74) is 2.66. The Labute approximate surface area is 164 Å². The van der Waals surface area contributed by atoms with Crippen molar-refractivity contribution in [3.63, 3.8) is 0 Å². The Bertz CT molecular complexity index is 1090. The van der Waals surface area contributed by atoms with Gasteiger partial charge in [0.15, 0.2) is 0 Å². The first-order valence-electron chi connectivity index (χ1n) is 9.07. The van der Waals surface area contributed by atoms with Gasteiger partial charge in [0.1, 0.15) is 0 Å². The fraction of sp³-hybridized carbons (Fsp3) is 0.238. The molecular formula is C21H23N3O3S. The lowest BCUT2D eigenvalue weighted by Gasteiger charge is -2.24. The number of anilines is 1. The summed E-state index contributed by atoms with van der Waals surface area (Å²) in [6.07, 6.45) is 2.32. The minimum Gasteiger partial charge on any atom is -0.313 e. The summed E-state index contributed by atoms with van der Waals surface area (Å²) in [4.78, 5) is 18.9. The van der Waals surface area contributed by atoms with Gasteiger partial charge in [0.25, 0.3) is 15.6 Å². The number of nitrogens with one attached hydrogen (secondary N) is 1. The van der Waals surface area contributed by atoms with Gasteiger partial charge in [-0.25, -0.2) is 13.4 Å². The van der Waals surface area contributed by atoms with E-state index in [2.05, 4.69) is 9.97 Å². The molecule has 0 aliphatic heterocycles. The van der Waals surface area contributed by atoms with Gasteiger partial charge in [-0.3, -0.25) is 9.10 Å². The Morgan fingerprint density at radius 2 is 1.68 bits per heavy atom. The van der Waals surface area contributed by atoms with Gasteiger partial charge in [0.2, 0.25) is 0 Å². The maximum Gasteiger partial charge on any atom is 0.264 e. The predicted molar refractivity (Wildman–Crippen MR) is 110 cm³/mol. The van der Waals surface area contributed by atoms with Crippen LogP contribution in [-0.2, 0) is 16.4 Å². The molecule has 3 aromatic rings. The SMILES string of the molecule is Cc1ccc(S(=O)(=O)N(CCCc2c(C)nc[nH]c2=O)c2ccccc2)cc1. The maximum absolute atomic E-state index is 13.3. The molecule has 2 aromatic carbocycles. The Balaban J connectivity index is 1.88. The topological polar surface area (TPSA) is 83.1 Å². The first-order valence-corrected chi connectivity index (χ1v) is 10.5. The molecule has 0 radical (unpaired) electrons. The van der Waals surface area contributed by atoms with Crippen LogP contribution in [0.2, 0.25) is 0 Å². The Kier molecular flexibility index (Phi) is 5.94. The molecule has 1 heterocycles. The minimum absolute atomic E-state index is 0.180. The van der Waals surface area contributed by atoms with Crippen molar-refractivity contribution in [1.82, 2.24) is 9.97 Å². The summed E-state index contributed by atoms with van der Waals surface area (Å²) < 4.78 is 27.9. The lowest BCUT2D eigenvalue weighted by molar-refractivity contribution is 0.589. The summed E-state index contributed by atoms with van der Waals surface area (Å²) in [7, 11) is -3.71. The van der Waals surface area contributed by atoms with E-state index in [0.29, 0.717) is 29.8 Å². The molecule has 0 fully saturated rings. The van der Waals surface area contributed by atoms with Gasteiger partial charge < -0.3 is 4.98 Å². The van der Waals surface area contributed by atoms with E-state index in [-0.39, 0.29) is 17.0 Å². The maximum atomic E-state index is 13.3. The average Bonchev–Trinajstić information content (AvgIpc) is 2.68. The highest BCUT2D eigenvalue weighted by atomic mass is 32.2. The van der Waals surface area contributed by atoms with E-state index < -0.39 is 10.0 Å². The molecule has 1 aromatic heterocycles. The molecule has 0 saturated heterocycles. The number of hydrogen-bond donors (Lipinski definition) is 1. The molecule has 3 rings (SSSR count). The number of aromatic amines is 1. The standard InChI is InChI=1S/C21H23N3O3S/c1-16-10-12-19(13-11-16)28(26,27)24(18-7-4-3-5-8-18)14-6-9-20-17(2)22-15-23-21(20)25/h3-5,7-8,10-13,15H,6,9,14H2,1-2H3,(H,22,23,25). The number of sulfonamides is 1. The minimum atomic E-state index is -3.71. The van der Waals surface area contributed by atoms with Gasteiger partial charge in [0, 0.05) is 17.8 Å². The van der Waals surface area contributed by atoms with Crippen LogP contribution < -0.4 is 9.86 Å². The molecule has 0 aliphatic rings. The fourth-order valence-corrected chi connectivity index (χ4v) is 4.53. The number of para-hydroxylation sites is 1. The van der Waals surface area contributed by atoms with Crippen LogP contribution in [0.5, 0.6) is 0 Å². The van der Waals surface area contributed by atoms with Gasteiger partial charge in [-0.1, -0.05) is 35.9 Å². The highest BCUT2D eigenvalue weighted by molar-refractivity contribution is 7.92. The van der Waals surface area contributed by atoms with E-state index in [1.54, 1.807) is 43.3 Å². The molecular weight excluding hydrogens is 374 g/mol. The number of hydrogen-bond acceptors (Lipinski definition) is 4. The van der Waals surface area contributed by atoms with Crippen LogP contribution in [0.15, 0.2) is 70.6 Å². The smallest absolute Gasteiger partial charge is 0.264 e. The van der Waals surface area contributed by atoms with E-state index in [1.807, 2.05) is 25.1 Å². The molecule has 28 heavy (non-hydrogen) atoms. The van der Waals surface area contributed by atoms with Crippen molar-refractivity contribution in [3.8, 4) is 0 Å². The van der Waals surface area contributed by atoms with Gasteiger partial charge >= 0.3 is 0 Å². The second-order valence-electron chi connectivity index (χ2n) is 6.62. The fourth-order valence-electron chi connectivity index (χ4n) is 3.03. The van der Waals surface area contributed by atoms with E-state index >= 15 is 0 Å². The molecule has 0 aliphatic carbocycles. The molecule has 0 unspecified atom stereocenters. The van der Waals surface area contributed by atoms with Crippen molar-refractivity contribution in [1.29, 1.82) is 0 Å². The quantitative estimate of drug-likeness (QED) is 0.664. The number of H-pyrrole nitrogens is 1. The lowest BCUT2D eigenvalue weighted by atomic mass is 10.1. The summed E-state index contributed by atoms with van der Waals surface area (Å²) in [5.74, 6) is 0. The zero-order valence-corrected chi connectivity index (χ0v) is 16.7. The van der Waals surface area contributed by atoms with Crippen molar-refractivity contribution in [3.05, 3.63) is 88.1 Å². The summed E-state index contributed by atoms with van der Waals surface area (Å²) >= 11 is 0. The van der Waals surface area contributed by atoms with Crippen molar-refractivity contribution in [2.24, 2.45) is 0 Å². The van der Waals surface area contributed by atoms with Crippen LogP contribution in [0.25, 0.3) is 0 Å². The number of rotatable bonds is 7. The molecule has 146 valence electrons. The van der Waals surface area contributed by atoms with Crippen LogP contribution >= 0.6 is 0 Å². The van der Waals surface area contributed by atoms with Crippen molar-refractivity contribution in [2.75, 3.05) is 10.8 Å². The number of aromatic nitrogens is 2. The van der Waals surface area contributed by atoms with Gasteiger partial charge in [-0.15, -0.1) is 0 Å². The van der Waals surface area contributed by atoms with Crippen LogP contribution in [0.4, 0.5) is 5.69 Å². The van der Waals surface area contributed by atoms with E-state index in [1.165, 1.54) is 10.6 Å². The third-order valence-electron chi connectivity index (χ3n) is 4.61.